The van der Waals surface area contributed by atoms with Gasteiger partial charge >= 0.3 is 0 Å². The Balaban J connectivity index is 1.71. The smallest absolute Gasteiger partial charge is 0.247 e. The summed E-state index contributed by atoms with van der Waals surface area (Å²) in [6.45, 7) is 9.09. The maximum absolute atomic E-state index is 6.58. The molecule has 1 atom stereocenters. The van der Waals surface area contributed by atoms with Crippen LogP contribution in [0.15, 0.2) is 4.52 Å². The Hall–Kier alpha value is -2.66. The minimum Gasteiger partial charge on any atom is -0.393 e. The molecule has 2 saturated heterocycles. The zero-order valence-corrected chi connectivity index (χ0v) is 17.3. The van der Waals surface area contributed by atoms with E-state index in [1.165, 1.54) is 0 Å². The molecule has 1 unspecified atom stereocenters. The van der Waals surface area contributed by atoms with Crippen molar-refractivity contribution < 1.29 is 9.26 Å². The fourth-order valence-corrected chi connectivity index (χ4v) is 3.71. The highest BCUT2D eigenvalue weighted by Crippen LogP contribution is 2.35. The first-order valence-corrected chi connectivity index (χ1v) is 10.0. The number of hydrogen-bond acceptors (Lipinski definition) is 11. The minimum atomic E-state index is 0.344. The first-order valence-electron chi connectivity index (χ1n) is 10.0. The number of ether oxygens (including phenoxy) is 1. The van der Waals surface area contributed by atoms with E-state index in [1.54, 1.807) is 6.92 Å². The lowest BCUT2D eigenvalue weighted by molar-refractivity contribution is 0.122. The lowest BCUT2D eigenvalue weighted by atomic mass is 10.2. The van der Waals surface area contributed by atoms with E-state index in [1.807, 2.05) is 12.1 Å². The van der Waals surface area contributed by atoms with Crippen molar-refractivity contribution in [3.8, 4) is 0 Å². The number of hydrogen-bond donors (Lipinski definition) is 2. The molecule has 11 heteroatoms. The molecule has 29 heavy (non-hydrogen) atoms. The van der Waals surface area contributed by atoms with Crippen LogP contribution in [-0.2, 0) is 11.3 Å². The van der Waals surface area contributed by atoms with Gasteiger partial charge < -0.3 is 24.8 Å². The molecule has 4 rings (SSSR count). The van der Waals surface area contributed by atoms with Crippen molar-refractivity contribution in [3.05, 3.63) is 11.7 Å². The molecule has 2 aromatic heterocycles. The van der Waals surface area contributed by atoms with Gasteiger partial charge in [0.1, 0.15) is 12.2 Å². The first-order chi connectivity index (χ1) is 14.0. The van der Waals surface area contributed by atoms with E-state index in [0.29, 0.717) is 54.8 Å². The van der Waals surface area contributed by atoms with Crippen molar-refractivity contribution in [1.29, 1.82) is 0 Å². The SMILES string of the molecule is CNN(Cc1nc(C)no1)c1nc(N2CCOCC2)nc(N2CCC(C)C2)c1N. The number of hydrazine groups is 1. The van der Waals surface area contributed by atoms with E-state index in [4.69, 9.17) is 25.0 Å². The van der Waals surface area contributed by atoms with Gasteiger partial charge in [-0.1, -0.05) is 12.1 Å². The van der Waals surface area contributed by atoms with Gasteiger partial charge in [0.15, 0.2) is 17.5 Å². The Morgan fingerprint density at radius 2 is 1.97 bits per heavy atom. The monoisotopic (exact) mass is 403 g/mol. The predicted molar refractivity (Wildman–Crippen MR) is 110 cm³/mol. The van der Waals surface area contributed by atoms with Crippen molar-refractivity contribution in [1.82, 2.24) is 25.5 Å². The Kier molecular flexibility index (Phi) is 5.67. The Labute approximate surface area is 170 Å². The third-order valence-electron chi connectivity index (χ3n) is 5.30. The van der Waals surface area contributed by atoms with E-state index in [0.717, 1.165) is 38.4 Å². The van der Waals surface area contributed by atoms with Crippen LogP contribution in [0, 0.1) is 12.8 Å². The van der Waals surface area contributed by atoms with Crippen LogP contribution < -0.4 is 26.0 Å². The maximum atomic E-state index is 6.58. The third kappa shape index (κ3) is 4.20. The molecule has 11 nitrogen and oxygen atoms in total. The second-order valence-corrected chi connectivity index (χ2v) is 7.57. The van der Waals surface area contributed by atoms with Crippen LogP contribution in [0.4, 0.5) is 23.3 Å². The molecule has 0 amide bonds. The van der Waals surface area contributed by atoms with Gasteiger partial charge in [0.05, 0.1) is 13.2 Å². The molecule has 3 N–H and O–H groups in total. The molecule has 2 aliphatic rings. The standard InChI is InChI=1S/C18H29N9O2/c1-12-4-5-26(10-12)16-15(19)17(23-18(22-16)25-6-8-28-9-7-25)27(20-3)11-14-21-13(2)24-29-14/h12,20H,4-11,19H2,1-3H3. The lowest BCUT2D eigenvalue weighted by Gasteiger charge is -2.31. The molecule has 2 aromatic rings. The van der Waals surface area contributed by atoms with Crippen LogP contribution in [0.5, 0.6) is 0 Å². The molecule has 0 aromatic carbocycles. The molecule has 4 heterocycles. The number of nitrogens with two attached hydrogens (primary N) is 1. The van der Waals surface area contributed by atoms with Gasteiger partial charge in [-0.05, 0) is 19.3 Å². The van der Waals surface area contributed by atoms with Crippen molar-refractivity contribution >= 4 is 23.3 Å². The van der Waals surface area contributed by atoms with E-state index in [9.17, 15) is 0 Å². The van der Waals surface area contributed by atoms with E-state index >= 15 is 0 Å². The fraction of sp³-hybridized carbons (Fsp3) is 0.667. The van der Waals surface area contributed by atoms with Gasteiger partial charge in [-0.2, -0.15) is 15.0 Å². The molecule has 0 bridgehead atoms. The summed E-state index contributed by atoms with van der Waals surface area (Å²) in [6.07, 6.45) is 1.13. The number of aryl methyl sites for hydroxylation is 1. The first kappa shape index (κ1) is 19.6. The molecule has 158 valence electrons. The molecule has 0 saturated carbocycles. The number of aromatic nitrogens is 4. The molecule has 0 spiro atoms. The van der Waals surface area contributed by atoms with Gasteiger partial charge in [0.25, 0.3) is 0 Å². The second-order valence-electron chi connectivity index (χ2n) is 7.57. The number of nitrogens with zero attached hydrogens (tertiary/aromatic N) is 7. The largest absolute Gasteiger partial charge is 0.393 e. The number of rotatable bonds is 6. The molecule has 2 fully saturated rings. The van der Waals surface area contributed by atoms with Crippen LogP contribution in [0.1, 0.15) is 25.1 Å². The topological polar surface area (TPSA) is 122 Å². The van der Waals surface area contributed by atoms with Crippen LogP contribution in [-0.4, -0.2) is 66.5 Å². The van der Waals surface area contributed by atoms with Gasteiger partial charge in [0, 0.05) is 33.2 Å². The third-order valence-corrected chi connectivity index (χ3v) is 5.30. The van der Waals surface area contributed by atoms with Crippen LogP contribution in [0.25, 0.3) is 0 Å². The highest BCUT2D eigenvalue weighted by atomic mass is 16.5. The summed E-state index contributed by atoms with van der Waals surface area (Å²) in [5, 5.41) is 5.68. The number of morpholine rings is 1. The molecule has 0 aliphatic carbocycles. The Morgan fingerprint density at radius 3 is 2.59 bits per heavy atom. The van der Waals surface area contributed by atoms with Gasteiger partial charge in [-0.15, -0.1) is 0 Å². The minimum absolute atomic E-state index is 0.344. The van der Waals surface area contributed by atoms with Gasteiger partial charge in [-0.25, -0.2) is 5.43 Å². The molecular weight excluding hydrogens is 374 g/mol. The van der Waals surface area contributed by atoms with E-state index < -0.39 is 0 Å². The van der Waals surface area contributed by atoms with Crippen LogP contribution in [0.2, 0.25) is 0 Å². The molecule has 0 radical (unpaired) electrons. The van der Waals surface area contributed by atoms with Gasteiger partial charge in [0.2, 0.25) is 11.8 Å². The quantitative estimate of drug-likeness (QED) is 0.658. The Bertz CT molecular complexity index is 837. The number of anilines is 4. The predicted octanol–water partition coefficient (Wildman–Crippen LogP) is 0.574. The van der Waals surface area contributed by atoms with Crippen molar-refractivity contribution in [3.63, 3.8) is 0 Å². The van der Waals surface area contributed by atoms with Crippen LogP contribution in [0.3, 0.4) is 0 Å². The summed E-state index contributed by atoms with van der Waals surface area (Å²) >= 11 is 0. The zero-order chi connectivity index (χ0) is 20.4. The van der Waals surface area contributed by atoms with Crippen molar-refractivity contribution in [2.75, 3.05) is 67.0 Å². The highest BCUT2D eigenvalue weighted by Gasteiger charge is 2.28. The Morgan fingerprint density at radius 1 is 1.17 bits per heavy atom. The summed E-state index contributed by atoms with van der Waals surface area (Å²) in [5.74, 6) is 3.74. The van der Waals surface area contributed by atoms with E-state index in [-0.39, 0.29) is 0 Å². The number of nitrogen functional groups attached to an aromatic ring is 1. The normalized spacial score (nSPS) is 19.8. The van der Waals surface area contributed by atoms with Crippen LogP contribution >= 0.6 is 0 Å². The number of nitrogens with one attached hydrogen (secondary N) is 1. The molecule has 2 aliphatic heterocycles. The van der Waals surface area contributed by atoms with E-state index in [2.05, 4.69) is 32.3 Å². The van der Waals surface area contributed by atoms with Crippen molar-refractivity contribution in [2.24, 2.45) is 5.92 Å². The summed E-state index contributed by atoms with van der Waals surface area (Å²) < 4.78 is 10.8. The zero-order valence-electron chi connectivity index (χ0n) is 17.3. The average Bonchev–Trinajstić information content (AvgIpc) is 3.35. The highest BCUT2D eigenvalue weighted by molar-refractivity contribution is 5.77. The van der Waals surface area contributed by atoms with Gasteiger partial charge in [-0.3, -0.25) is 5.01 Å². The van der Waals surface area contributed by atoms with Crippen molar-refractivity contribution in [2.45, 2.75) is 26.8 Å². The fourth-order valence-electron chi connectivity index (χ4n) is 3.71. The summed E-state index contributed by atoms with van der Waals surface area (Å²) in [4.78, 5) is 18.3. The summed E-state index contributed by atoms with van der Waals surface area (Å²) in [5.41, 5.74) is 10.3. The lowest BCUT2D eigenvalue weighted by Crippen LogP contribution is -2.40. The maximum Gasteiger partial charge on any atom is 0.247 e. The average molecular weight is 403 g/mol. The summed E-state index contributed by atoms with van der Waals surface area (Å²) in [6, 6.07) is 0. The summed E-state index contributed by atoms with van der Waals surface area (Å²) in [7, 11) is 1.82. The molecular formula is C18H29N9O2. The second kappa shape index (κ2) is 8.37.